The first-order chi connectivity index (χ1) is 13.5. The Morgan fingerprint density at radius 3 is 2.45 bits per heavy atom. The summed E-state index contributed by atoms with van der Waals surface area (Å²) in [5.41, 5.74) is -2.72. The van der Waals surface area contributed by atoms with Crippen LogP contribution in [0.15, 0.2) is 51.7 Å². The van der Waals surface area contributed by atoms with E-state index in [1.54, 1.807) is 0 Å². The number of halogens is 5. The molecule has 0 aliphatic heterocycles. The lowest BCUT2D eigenvalue weighted by molar-refractivity contribution is -0.136. The van der Waals surface area contributed by atoms with E-state index in [0.717, 1.165) is 30.3 Å². The Morgan fingerprint density at radius 1 is 1.07 bits per heavy atom. The summed E-state index contributed by atoms with van der Waals surface area (Å²) in [7, 11) is 0. The quantitative estimate of drug-likeness (QED) is 0.505. The molecule has 3 rings (SSSR count). The third-order valence-electron chi connectivity index (χ3n) is 3.89. The molecule has 29 heavy (non-hydrogen) atoms. The summed E-state index contributed by atoms with van der Waals surface area (Å²) < 4.78 is 75.4. The van der Waals surface area contributed by atoms with Crippen molar-refractivity contribution in [2.45, 2.75) is 19.2 Å². The van der Waals surface area contributed by atoms with Crippen molar-refractivity contribution >= 4 is 22.6 Å². The third kappa shape index (κ3) is 4.53. The average Bonchev–Trinajstić information content (AvgIpc) is 2.63. The summed E-state index contributed by atoms with van der Waals surface area (Å²) in [6.45, 7) is 1.34. The Hall–Kier alpha value is -3.43. The molecule has 152 valence electrons. The lowest BCUT2D eigenvalue weighted by Crippen LogP contribution is -2.30. The third-order valence-corrected chi connectivity index (χ3v) is 3.89. The number of nitrogens with one attached hydrogen (secondary N) is 1. The van der Waals surface area contributed by atoms with Crippen LogP contribution in [0.5, 0.6) is 5.75 Å². The van der Waals surface area contributed by atoms with E-state index in [2.05, 4.69) is 5.32 Å². The van der Waals surface area contributed by atoms with E-state index < -0.39 is 41.0 Å². The number of carbonyl (C=O) groups excluding carboxylic acids is 1. The monoisotopic (exact) mass is 413 g/mol. The number of hydrogen-bond donors (Lipinski definition) is 1. The number of alkyl halides is 3. The molecule has 1 N–H and O–H groups in total. The lowest BCUT2D eigenvalue weighted by atomic mass is 10.1. The number of hydrogen-bond acceptors (Lipinski definition) is 4. The highest BCUT2D eigenvalue weighted by molar-refractivity contribution is 5.94. The Bertz CT molecular complexity index is 1140. The highest BCUT2D eigenvalue weighted by atomic mass is 19.4. The summed E-state index contributed by atoms with van der Waals surface area (Å²) >= 11 is 0. The molecule has 5 nitrogen and oxygen atoms in total. The fraction of sp³-hybridized carbons (Fsp3) is 0.158. The fourth-order valence-corrected chi connectivity index (χ4v) is 2.53. The fourth-order valence-electron chi connectivity index (χ4n) is 2.53. The molecular weight excluding hydrogens is 401 g/mol. The minimum absolute atomic E-state index is 0.0105. The molecule has 0 fully saturated rings. The second kappa shape index (κ2) is 7.53. The van der Waals surface area contributed by atoms with Gasteiger partial charge in [0.1, 0.15) is 11.3 Å². The zero-order chi connectivity index (χ0) is 21.3. The zero-order valence-electron chi connectivity index (χ0n) is 14.6. The van der Waals surface area contributed by atoms with Crippen molar-refractivity contribution in [1.29, 1.82) is 0 Å². The molecule has 0 aliphatic rings. The SMILES string of the molecule is CC(Oc1ccc2c(C(F)(F)F)cc(=O)oc2c1)C(=O)Nc1ccc(F)c(F)c1. The molecule has 0 saturated carbocycles. The maximum Gasteiger partial charge on any atom is 0.417 e. The number of amides is 1. The molecule has 0 bridgehead atoms. The minimum Gasteiger partial charge on any atom is -0.481 e. The first-order valence-electron chi connectivity index (χ1n) is 8.12. The molecule has 0 spiro atoms. The van der Waals surface area contributed by atoms with E-state index in [-0.39, 0.29) is 22.4 Å². The summed E-state index contributed by atoms with van der Waals surface area (Å²) in [4.78, 5) is 23.6. The lowest BCUT2D eigenvalue weighted by Gasteiger charge is -2.15. The molecule has 1 atom stereocenters. The number of fused-ring (bicyclic) bond motifs is 1. The van der Waals surface area contributed by atoms with Crippen molar-refractivity contribution in [3.63, 3.8) is 0 Å². The minimum atomic E-state index is -4.76. The number of benzene rings is 2. The summed E-state index contributed by atoms with van der Waals surface area (Å²) in [6.07, 6.45) is -5.91. The van der Waals surface area contributed by atoms with Crippen molar-refractivity contribution in [3.8, 4) is 5.75 Å². The van der Waals surface area contributed by atoms with E-state index in [0.29, 0.717) is 6.07 Å². The number of ether oxygens (including phenoxy) is 1. The van der Waals surface area contributed by atoms with Crippen molar-refractivity contribution in [3.05, 3.63) is 70.1 Å². The van der Waals surface area contributed by atoms with Crippen LogP contribution in [0.1, 0.15) is 12.5 Å². The van der Waals surface area contributed by atoms with Crippen LogP contribution in [0, 0.1) is 11.6 Å². The van der Waals surface area contributed by atoms with Gasteiger partial charge in [0.05, 0.1) is 5.56 Å². The van der Waals surface area contributed by atoms with Crippen LogP contribution in [0.2, 0.25) is 0 Å². The van der Waals surface area contributed by atoms with Crippen LogP contribution < -0.4 is 15.7 Å². The molecule has 1 aromatic heterocycles. The topological polar surface area (TPSA) is 68.5 Å². The summed E-state index contributed by atoms with van der Waals surface area (Å²) in [5.74, 6) is -2.99. The van der Waals surface area contributed by atoms with E-state index in [1.165, 1.54) is 13.0 Å². The van der Waals surface area contributed by atoms with Crippen LogP contribution >= 0.6 is 0 Å². The Kier molecular flexibility index (Phi) is 5.27. The molecule has 3 aromatic rings. The van der Waals surface area contributed by atoms with Crippen molar-refractivity contribution in [2.24, 2.45) is 0 Å². The highest BCUT2D eigenvalue weighted by Gasteiger charge is 2.34. The van der Waals surface area contributed by atoms with Gasteiger partial charge in [0.2, 0.25) is 0 Å². The van der Waals surface area contributed by atoms with Gasteiger partial charge in [0.25, 0.3) is 5.91 Å². The molecule has 0 aliphatic carbocycles. The van der Waals surface area contributed by atoms with Gasteiger partial charge >= 0.3 is 11.8 Å². The van der Waals surface area contributed by atoms with Gasteiger partial charge in [-0.05, 0) is 31.2 Å². The van der Waals surface area contributed by atoms with Crippen LogP contribution in [0.4, 0.5) is 27.6 Å². The number of anilines is 1. The van der Waals surface area contributed by atoms with Crippen molar-refractivity contribution in [1.82, 2.24) is 0 Å². The molecule has 2 aromatic carbocycles. The van der Waals surface area contributed by atoms with Gasteiger partial charge < -0.3 is 14.5 Å². The zero-order valence-corrected chi connectivity index (χ0v) is 14.6. The van der Waals surface area contributed by atoms with E-state index in [9.17, 15) is 31.5 Å². The second-order valence-corrected chi connectivity index (χ2v) is 6.01. The standard InChI is InChI=1S/C19H12F5NO4/c1-9(18(27)25-10-2-5-14(20)15(21)6-10)28-11-3-4-12-13(19(22,23)24)8-17(26)29-16(12)7-11/h2-9H,1H3,(H,25,27). The summed E-state index contributed by atoms with van der Waals surface area (Å²) in [6, 6.07) is 6.39. The van der Waals surface area contributed by atoms with Crippen LogP contribution in [-0.2, 0) is 11.0 Å². The maximum atomic E-state index is 13.2. The van der Waals surface area contributed by atoms with Crippen LogP contribution in [0.3, 0.4) is 0 Å². The summed E-state index contributed by atoms with van der Waals surface area (Å²) in [5, 5.41) is 1.97. The molecule has 1 unspecified atom stereocenters. The van der Waals surface area contributed by atoms with Crippen molar-refractivity contribution < 1.29 is 35.9 Å². The smallest absolute Gasteiger partial charge is 0.417 e. The first-order valence-corrected chi connectivity index (χ1v) is 8.12. The van der Waals surface area contributed by atoms with Crippen LogP contribution in [-0.4, -0.2) is 12.0 Å². The predicted molar refractivity (Wildman–Crippen MR) is 92.6 cm³/mol. The van der Waals surface area contributed by atoms with Gasteiger partial charge in [0, 0.05) is 29.3 Å². The number of rotatable bonds is 4. The molecule has 1 heterocycles. The van der Waals surface area contributed by atoms with Crippen molar-refractivity contribution in [2.75, 3.05) is 5.32 Å². The maximum absolute atomic E-state index is 13.2. The van der Waals surface area contributed by atoms with E-state index in [4.69, 9.17) is 9.15 Å². The number of carbonyl (C=O) groups is 1. The second-order valence-electron chi connectivity index (χ2n) is 6.01. The Labute approximate surface area is 159 Å². The van der Waals surface area contributed by atoms with Gasteiger partial charge in [-0.15, -0.1) is 0 Å². The van der Waals surface area contributed by atoms with Gasteiger partial charge in [-0.25, -0.2) is 13.6 Å². The normalized spacial score (nSPS) is 12.6. The van der Waals surface area contributed by atoms with E-state index >= 15 is 0 Å². The Balaban J connectivity index is 1.81. The average molecular weight is 413 g/mol. The molecule has 0 saturated heterocycles. The van der Waals surface area contributed by atoms with E-state index in [1.807, 2.05) is 0 Å². The van der Waals surface area contributed by atoms with Gasteiger partial charge in [-0.3, -0.25) is 4.79 Å². The molecule has 1 amide bonds. The first kappa shape index (κ1) is 20.3. The molecule has 0 radical (unpaired) electrons. The van der Waals surface area contributed by atoms with Gasteiger partial charge in [0.15, 0.2) is 17.7 Å². The van der Waals surface area contributed by atoms with Gasteiger partial charge in [-0.2, -0.15) is 13.2 Å². The predicted octanol–water partition coefficient (Wildman–Crippen LogP) is 4.50. The molecule has 10 heteroatoms. The highest BCUT2D eigenvalue weighted by Crippen LogP contribution is 2.35. The van der Waals surface area contributed by atoms with Gasteiger partial charge in [-0.1, -0.05) is 0 Å². The van der Waals surface area contributed by atoms with Crippen LogP contribution in [0.25, 0.3) is 11.0 Å². The molecular formula is C19H12F5NO4. The largest absolute Gasteiger partial charge is 0.481 e. The Morgan fingerprint density at radius 2 is 1.79 bits per heavy atom.